The second-order valence-corrected chi connectivity index (χ2v) is 7.48. The van der Waals surface area contributed by atoms with Gasteiger partial charge in [-0.25, -0.2) is 4.99 Å². The predicted octanol–water partition coefficient (Wildman–Crippen LogP) is 4.07. The van der Waals surface area contributed by atoms with Crippen molar-refractivity contribution in [3.63, 3.8) is 0 Å². The largest absolute Gasteiger partial charge is 0.495 e. The van der Waals surface area contributed by atoms with Crippen molar-refractivity contribution in [1.29, 1.82) is 0 Å². The molecule has 3 N–H and O–H groups in total. The Labute approximate surface area is 169 Å². The van der Waals surface area contributed by atoms with E-state index < -0.39 is 0 Å². The molecule has 6 heteroatoms. The van der Waals surface area contributed by atoms with Gasteiger partial charge in [0.2, 0.25) is 5.91 Å². The van der Waals surface area contributed by atoms with Crippen LogP contribution in [0.2, 0.25) is 0 Å². The highest BCUT2D eigenvalue weighted by Crippen LogP contribution is 2.27. The number of rotatable bonds is 9. The lowest BCUT2D eigenvalue weighted by Crippen LogP contribution is -2.37. The number of ether oxygens (including phenoxy) is 1. The quantitative estimate of drug-likeness (QED) is 0.339. The van der Waals surface area contributed by atoms with E-state index >= 15 is 0 Å². The minimum absolute atomic E-state index is 0.119. The Hall–Kier alpha value is -2.24. The van der Waals surface area contributed by atoms with Crippen LogP contribution >= 0.6 is 0 Å². The van der Waals surface area contributed by atoms with Crippen molar-refractivity contribution in [2.24, 2.45) is 10.9 Å². The molecule has 1 aromatic rings. The van der Waals surface area contributed by atoms with Gasteiger partial charge in [0.1, 0.15) is 5.75 Å². The highest BCUT2D eigenvalue weighted by atomic mass is 16.5. The van der Waals surface area contributed by atoms with E-state index in [0.29, 0.717) is 18.0 Å². The molecule has 0 atom stereocenters. The van der Waals surface area contributed by atoms with Gasteiger partial charge in [0.25, 0.3) is 0 Å². The molecule has 1 aliphatic rings. The molecule has 1 fully saturated rings. The maximum absolute atomic E-state index is 11.4. The molecule has 1 aromatic carbocycles. The summed E-state index contributed by atoms with van der Waals surface area (Å²) in [4.78, 5) is 16.1. The van der Waals surface area contributed by atoms with Gasteiger partial charge in [-0.05, 0) is 43.4 Å². The van der Waals surface area contributed by atoms with Gasteiger partial charge in [-0.15, -0.1) is 0 Å². The third-order valence-electron chi connectivity index (χ3n) is 5.14. The summed E-state index contributed by atoms with van der Waals surface area (Å²) < 4.78 is 5.31. The lowest BCUT2D eigenvalue weighted by atomic mass is 9.86. The molecular weight excluding hydrogens is 352 g/mol. The number of nitrogens with one attached hydrogen (secondary N) is 3. The fraction of sp³-hybridized carbons (Fsp3) is 0.636. The van der Waals surface area contributed by atoms with Crippen LogP contribution < -0.4 is 20.7 Å². The van der Waals surface area contributed by atoms with Crippen molar-refractivity contribution in [2.45, 2.75) is 65.3 Å². The van der Waals surface area contributed by atoms with E-state index in [1.54, 1.807) is 7.11 Å². The Kier molecular flexibility index (Phi) is 9.66. The Morgan fingerprint density at radius 2 is 2.00 bits per heavy atom. The SMILES string of the molecule is CCNC(=NCc1ccc(OC)c(NC(C)=O)c1)NCCCC1CCCCC1. The highest BCUT2D eigenvalue weighted by molar-refractivity contribution is 5.90. The third kappa shape index (κ3) is 7.79. The zero-order valence-corrected chi connectivity index (χ0v) is 17.6. The molecule has 6 nitrogen and oxygen atoms in total. The van der Waals surface area contributed by atoms with Gasteiger partial charge in [0, 0.05) is 20.0 Å². The number of amides is 1. The molecular formula is C22H36N4O2. The van der Waals surface area contributed by atoms with Crippen LogP contribution in [0.3, 0.4) is 0 Å². The molecule has 0 heterocycles. The van der Waals surface area contributed by atoms with Crippen LogP contribution in [-0.2, 0) is 11.3 Å². The van der Waals surface area contributed by atoms with Gasteiger partial charge in [-0.1, -0.05) is 38.2 Å². The minimum Gasteiger partial charge on any atom is -0.495 e. The average molecular weight is 389 g/mol. The van der Waals surface area contributed by atoms with Crippen LogP contribution in [0.25, 0.3) is 0 Å². The number of hydrogen-bond donors (Lipinski definition) is 3. The maximum atomic E-state index is 11.4. The molecule has 1 saturated carbocycles. The molecule has 1 amide bonds. The summed E-state index contributed by atoms with van der Waals surface area (Å²) in [6.45, 7) is 5.87. The Balaban J connectivity index is 1.87. The Morgan fingerprint density at radius 1 is 1.21 bits per heavy atom. The van der Waals surface area contributed by atoms with E-state index in [0.717, 1.165) is 30.5 Å². The number of hydrogen-bond acceptors (Lipinski definition) is 3. The topological polar surface area (TPSA) is 74.8 Å². The predicted molar refractivity (Wildman–Crippen MR) is 116 cm³/mol. The van der Waals surface area contributed by atoms with Gasteiger partial charge in [0.15, 0.2) is 5.96 Å². The van der Waals surface area contributed by atoms with Crippen LogP contribution in [0.15, 0.2) is 23.2 Å². The van der Waals surface area contributed by atoms with Crippen LogP contribution in [0.1, 0.15) is 64.4 Å². The number of anilines is 1. The number of benzene rings is 1. The molecule has 0 radical (unpaired) electrons. The van der Waals surface area contributed by atoms with Crippen LogP contribution in [0, 0.1) is 5.92 Å². The molecule has 0 saturated heterocycles. The summed E-state index contributed by atoms with van der Waals surface area (Å²) in [5, 5.41) is 9.56. The van der Waals surface area contributed by atoms with Crippen LogP contribution in [0.5, 0.6) is 5.75 Å². The van der Waals surface area contributed by atoms with Crippen LogP contribution in [0.4, 0.5) is 5.69 Å². The number of guanidine groups is 1. The molecule has 156 valence electrons. The lowest BCUT2D eigenvalue weighted by molar-refractivity contribution is -0.114. The smallest absolute Gasteiger partial charge is 0.221 e. The first kappa shape index (κ1) is 22.1. The van der Waals surface area contributed by atoms with Crippen molar-refractivity contribution < 1.29 is 9.53 Å². The van der Waals surface area contributed by atoms with E-state index in [1.165, 1.54) is 51.9 Å². The van der Waals surface area contributed by atoms with Gasteiger partial charge < -0.3 is 20.7 Å². The van der Waals surface area contributed by atoms with Gasteiger partial charge in [0.05, 0.1) is 19.3 Å². The van der Waals surface area contributed by atoms with Crippen molar-refractivity contribution in [3.05, 3.63) is 23.8 Å². The first-order valence-corrected chi connectivity index (χ1v) is 10.6. The number of carbonyl (C=O) groups is 1. The van der Waals surface area contributed by atoms with E-state index in [4.69, 9.17) is 4.74 Å². The summed E-state index contributed by atoms with van der Waals surface area (Å²) in [5.41, 5.74) is 1.69. The summed E-state index contributed by atoms with van der Waals surface area (Å²) in [6.07, 6.45) is 9.54. The summed E-state index contributed by atoms with van der Waals surface area (Å²) >= 11 is 0. The van der Waals surface area contributed by atoms with Crippen LogP contribution in [-0.4, -0.2) is 32.1 Å². The van der Waals surface area contributed by atoms with Gasteiger partial charge >= 0.3 is 0 Å². The summed E-state index contributed by atoms with van der Waals surface area (Å²) in [6, 6.07) is 5.75. The maximum Gasteiger partial charge on any atom is 0.221 e. The number of methoxy groups -OCH3 is 1. The molecule has 0 spiro atoms. The zero-order chi connectivity index (χ0) is 20.2. The van der Waals surface area contributed by atoms with Crippen molar-refractivity contribution in [2.75, 3.05) is 25.5 Å². The molecule has 0 unspecified atom stereocenters. The van der Waals surface area contributed by atoms with Gasteiger partial charge in [-0.2, -0.15) is 0 Å². The Morgan fingerprint density at radius 3 is 2.68 bits per heavy atom. The molecule has 0 aliphatic heterocycles. The van der Waals surface area contributed by atoms with E-state index in [1.807, 2.05) is 18.2 Å². The number of carbonyl (C=O) groups excluding carboxylic acids is 1. The first-order valence-electron chi connectivity index (χ1n) is 10.6. The fourth-order valence-corrected chi connectivity index (χ4v) is 3.73. The molecule has 28 heavy (non-hydrogen) atoms. The highest BCUT2D eigenvalue weighted by Gasteiger charge is 2.12. The van der Waals surface area contributed by atoms with Gasteiger partial charge in [-0.3, -0.25) is 4.79 Å². The minimum atomic E-state index is -0.119. The lowest BCUT2D eigenvalue weighted by Gasteiger charge is -2.21. The average Bonchev–Trinajstić information content (AvgIpc) is 2.69. The van der Waals surface area contributed by atoms with E-state index in [-0.39, 0.29) is 5.91 Å². The third-order valence-corrected chi connectivity index (χ3v) is 5.14. The number of aliphatic imine (C=N–C) groups is 1. The summed E-state index contributed by atoms with van der Waals surface area (Å²) in [5.74, 6) is 2.28. The second-order valence-electron chi connectivity index (χ2n) is 7.48. The monoisotopic (exact) mass is 388 g/mol. The van der Waals surface area contributed by atoms with Crippen molar-refractivity contribution in [1.82, 2.24) is 10.6 Å². The standard InChI is InChI=1S/C22H36N4O2/c1-4-23-22(24-14-8-11-18-9-6-5-7-10-18)25-16-19-12-13-21(28-3)20(15-19)26-17(2)27/h12-13,15,18H,4-11,14,16H2,1-3H3,(H,26,27)(H2,23,24,25). The molecule has 1 aliphatic carbocycles. The van der Waals surface area contributed by atoms with E-state index in [9.17, 15) is 4.79 Å². The molecule has 0 aromatic heterocycles. The molecule has 2 rings (SSSR count). The van der Waals surface area contributed by atoms with E-state index in [2.05, 4.69) is 27.9 Å². The normalized spacial score (nSPS) is 15.2. The fourth-order valence-electron chi connectivity index (χ4n) is 3.73. The van der Waals surface area contributed by atoms with Crippen molar-refractivity contribution >= 4 is 17.6 Å². The molecule has 0 bridgehead atoms. The summed E-state index contributed by atoms with van der Waals surface area (Å²) in [7, 11) is 1.60. The second kappa shape index (κ2) is 12.3. The first-order chi connectivity index (χ1) is 13.6. The van der Waals surface area contributed by atoms with Crippen molar-refractivity contribution in [3.8, 4) is 5.75 Å². The Bertz CT molecular complexity index is 639. The zero-order valence-electron chi connectivity index (χ0n) is 17.6. The number of nitrogens with zero attached hydrogens (tertiary/aromatic N) is 1.